The van der Waals surface area contributed by atoms with Crippen LogP contribution in [-0.2, 0) is 6.42 Å². The molecule has 23 heavy (non-hydrogen) atoms. The predicted molar refractivity (Wildman–Crippen MR) is 92.7 cm³/mol. The highest BCUT2D eigenvalue weighted by molar-refractivity contribution is 5.86. The van der Waals surface area contributed by atoms with Gasteiger partial charge < -0.3 is 15.3 Å². The number of rotatable bonds is 9. The molecule has 4 nitrogen and oxygen atoms in total. The normalized spacial score (nSPS) is 13.4. The fraction of sp³-hybridized carbons (Fsp3) is 0.526. The first-order valence-electron chi connectivity index (χ1n) is 8.18. The zero-order chi connectivity index (χ0) is 17.5. The molecule has 0 saturated heterocycles. The van der Waals surface area contributed by atoms with Crippen molar-refractivity contribution >= 4 is 12.4 Å². The summed E-state index contributed by atoms with van der Waals surface area (Å²) in [5.74, 6) is -0.0743. The Bertz CT molecular complexity index is 541. The minimum atomic E-state index is -1.23. The van der Waals surface area contributed by atoms with Crippen molar-refractivity contribution < 1.29 is 20.1 Å². The molecule has 0 spiro atoms. The molecule has 1 rings (SSSR count). The third-order valence-corrected chi connectivity index (χ3v) is 3.96. The molecule has 1 unspecified atom stereocenters. The smallest absolute Gasteiger partial charge is 0.154 e. The fourth-order valence-electron chi connectivity index (χ4n) is 2.34. The number of hydrogen-bond donors (Lipinski definition) is 3. The molecule has 0 aliphatic heterocycles. The van der Waals surface area contributed by atoms with Crippen molar-refractivity contribution in [3.63, 3.8) is 0 Å². The summed E-state index contributed by atoms with van der Waals surface area (Å²) in [6, 6.07) is 3.13. The van der Waals surface area contributed by atoms with E-state index in [9.17, 15) is 20.1 Å². The molecule has 0 aromatic heterocycles. The van der Waals surface area contributed by atoms with Crippen LogP contribution in [0, 0.1) is 0 Å². The number of aliphatic hydroxyl groups excluding tert-OH is 1. The second-order valence-electron chi connectivity index (χ2n) is 6.46. The number of allylic oxidation sites excluding steroid dienone is 1. The van der Waals surface area contributed by atoms with Crippen LogP contribution < -0.4 is 0 Å². The van der Waals surface area contributed by atoms with E-state index in [1.807, 2.05) is 12.2 Å². The van der Waals surface area contributed by atoms with Crippen LogP contribution in [0.3, 0.4) is 0 Å². The largest absolute Gasteiger partial charge is 0.507 e. The monoisotopic (exact) mass is 320 g/mol. The lowest BCUT2D eigenvalue weighted by Gasteiger charge is -2.25. The van der Waals surface area contributed by atoms with Gasteiger partial charge in [0.25, 0.3) is 0 Å². The number of carbonyl (C=O) groups excluding carboxylic acids is 1. The second-order valence-corrected chi connectivity index (χ2v) is 6.46. The first-order valence-corrected chi connectivity index (χ1v) is 8.18. The molecule has 1 aromatic rings. The lowest BCUT2D eigenvalue weighted by molar-refractivity contribution is -0.0469. The van der Waals surface area contributed by atoms with Crippen LogP contribution in [-0.4, -0.2) is 33.3 Å². The predicted octanol–water partition coefficient (Wildman–Crippen LogP) is 3.47. The number of carbonyl (C=O) groups is 1. The van der Waals surface area contributed by atoms with Gasteiger partial charge in [0.2, 0.25) is 0 Å². The van der Waals surface area contributed by atoms with Crippen molar-refractivity contribution in [2.75, 3.05) is 0 Å². The molecule has 0 aliphatic rings. The van der Waals surface area contributed by atoms with Gasteiger partial charge >= 0.3 is 0 Å². The van der Waals surface area contributed by atoms with Crippen LogP contribution in [0.1, 0.15) is 67.9 Å². The molecule has 0 fully saturated rings. The van der Waals surface area contributed by atoms with Crippen molar-refractivity contribution in [3.05, 3.63) is 34.9 Å². The Balaban J connectivity index is 3.07. The molecule has 3 N–H and O–H groups in total. The third-order valence-electron chi connectivity index (χ3n) is 3.96. The van der Waals surface area contributed by atoms with Crippen molar-refractivity contribution in [2.24, 2.45) is 0 Å². The van der Waals surface area contributed by atoms with Gasteiger partial charge in [-0.25, -0.2) is 0 Å². The highest BCUT2D eigenvalue weighted by Gasteiger charge is 2.25. The molecule has 0 heterocycles. The third kappa shape index (κ3) is 5.81. The standard InChI is InChI=1S/C19H28O4/c1-4-5-6-7-8-9-15-14(12-18(22)19(2,3)23)10-11-17(21)16(15)13-20/h8-11,13,18,21-23H,4-7,12H2,1-3H3. The maximum Gasteiger partial charge on any atom is 0.154 e. The minimum Gasteiger partial charge on any atom is -0.507 e. The van der Waals surface area contributed by atoms with E-state index in [1.165, 1.54) is 6.07 Å². The zero-order valence-corrected chi connectivity index (χ0v) is 14.2. The Labute approximate surface area is 138 Å². The Kier molecular flexibility index (Phi) is 7.46. The summed E-state index contributed by atoms with van der Waals surface area (Å²) in [5.41, 5.74) is 0.324. The molecule has 0 saturated carbocycles. The summed E-state index contributed by atoms with van der Waals surface area (Å²) in [7, 11) is 0. The van der Waals surface area contributed by atoms with Gasteiger partial charge in [-0.2, -0.15) is 0 Å². The van der Waals surface area contributed by atoms with Crippen molar-refractivity contribution in [2.45, 2.75) is 64.6 Å². The Morgan fingerprint density at radius 3 is 2.48 bits per heavy atom. The highest BCUT2D eigenvalue weighted by Crippen LogP contribution is 2.27. The van der Waals surface area contributed by atoms with Crippen LogP contribution in [0.4, 0.5) is 0 Å². The minimum absolute atomic E-state index is 0.0743. The number of unbranched alkanes of at least 4 members (excludes halogenated alkanes) is 3. The number of benzene rings is 1. The summed E-state index contributed by atoms with van der Waals surface area (Å²) >= 11 is 0. The van der Waals surface area contributed by atoms with Gasteiger partial charge in [0.15, 0.2) is 6.29 Å². The number of aliphatic hydroxyl groups is 2. The quantitative estimate of drug-likeness (QED) is 0.481. The van der Waals surface area contributed by atoms with E-state index in [2.05, 4.69) is 6.92 Å². The number of aldehydes is 1. The first kappa shape index (κ1) is 19.4. The van der Waals surface area contributed by atoms with Crippen LogP contribution >= 0.6 is 0 Å². The van der Waals surface area contributed by atoms with Gasteiger partial charge in [-0.05, 0) is 43.9 Å². The van der Waals surface area contributed by atoms with E-state index in [1.54, 1.807) is 19.9 Å². The van der Waals surface area contributed by atoms with E-state index < -0.39 is 11.7 Å². The van der Waals surface area contributed by atoms with Gasteiger partial charge in [-0.15, -0.1) is 0 Å². The van der Waals surface area contributed by atoms with Gasteiger partial charge in [0, 0.05) is 6.42 Å². The summed E-state index contributed by atoms with van der Waals surface area (Å²) in [6.07, 6.45) is 7.94. The number of aromatic hydroxyl groups is 1. The highest BCUT2D eigenvalue weighted by atomic mass is 16.3. The van der Waals surface area contributed by atoms with Crippen molar-refractivity contribution in [3.8, 4) is 5.75 Å². The molecule has 128 valence electrons. The summed E-state index contributed by atoms with van der Waals surface area (Å²) < 4.78 is 0. The Hall–Kier alpha value is -1.65. The number of phenols is 1. The van der Waals surface area contributed by atoms with Gasteiger partial charge in [0.1, 0.15) is 5.75 Å². The van der Waals surface area contributed by atoms with Crippen LogP contribution in [0.2, 0.25) is 0 Å². The van der Waals surface area contributed by atoms with E-state index in [0.717, 1.165) is 31.2 Å². The van der Waals surface area contributed by atoms with E-state index in [-0.39, 0.29) is 17.7 Å². The summed E-state index contributed by atoms with van der Waals surface area (Å²) in [6.45, 7) is 5.22. The second kappa shape index (κ2) is 8.85. The molecule has 1 atom stereocenters. The average molecular weight is 320 g/mol. The lowest BCUT2D eigenvalue weighted by Crippen LogP contribution is -2.37. The van der Waals surface area contributed by atoms with Gasteiger partial charge in [-0.3, -0.25) is 4.79 Å². The molecule has 0 amide bonds. The zero-order valence-electron chi connectivity index (χ0n) is 14.2. The summed E-state index contributed by atoms with van der Waals surface area (Å²) in [5, 5.41) is 29.9. The summed E-state index contributed by atoms with van der Waals surface area (Å²) in [4.78, 5) is 11.3. The molecule has 0 bridgehead atoms. The molecule has 0 radical (unpaired) electrons. The fourth-order valence-corrected chi connectivity index (χ4v) is 2.34. The lowest BCUT2D eigenvalue weighted by atomic mass is 9.90. The molecule has 4 heteroatoms. The topological polar surface area (TPSA) is 77.8 Å². The first-order chi connectivity index (χ1) is 10.8. The number of phenolic OH excluding ortho intramolecular Hbond substituents is 1. The number of hydrogen-bond acceptors (Lipinski definition) is 4. The molecule has 0 aliphatic carbocycles. The Morgan fingerprint density at radius 2 is 1.91 bits per heavy atom. The van der Waals surface area contributed by atoms with E-state index in [0.29, 0.717) is 11.8 Å². The maximum atomic E-state index is 11.3. The van der Waals surface area contributed by atoms with Crippen LogP contribution in [0.15, 0.2) is 18.2 Å². The van der Waals surface area contributed by atoms with Crippen LogP contribution in [0.5, 0.6) is 5.75 Å². The molecular formula is C19H28O4. The molecule has 1 aromatic carbocycles. The van der Waals surface area contributed by atoms with Gasteiger partial charge in [-0.1, -0.05) is 38.0 Å². The van der Waals surface area contributed by atoms with E-state index >= 15 is 0 Å². The van der Waals surface area contributed by atoms with Crippen LogP contribution in [0.25, 0.3) is 6.08 Å². The average Bonchev–Trinajstić information content (AvgIpc) is 2.48. The Morgan fingerprint density at radius 1 is 1.22 bits per heavy atom. The van der Waals surface area contributed by atoms with Crippen molar-refractivity contribution in [1.29, 1.82) is 0 Å². The SMILES string of the molecule is CCCCCC=Cc1c(CC(O)C(C)(C)O)ccc(O)c1C=O. The van der Waals surface area contributed by atoms with Gasteiger partial charge in [0.05, 0.1) is 17.3 Å². The van der Waals surface area contributed by atoms with E-state index in [4.69, 9.17) is 0 Å². The maximum absolute atomic E-state index is 11.3. The van der Waals surface area contributed by atoms with Crippen molar-refractivity contribution in [1.82, 2.24) is 0 Å². The molecular weight excluding hydrogens is 292 g/mol.